The van der Waals surface area contributed by atoms with E-state index in [4.69, 9.17) is 11.5 Å². The van der Waals surface area contributed by atoms with Crippen LogP contribution in [-0.4, -0.2) is 40.5 Å². The summed E-state index contributed by atoms with van der Waals surface area (Å²) >= 11 is -3.61. The molecule has 0 saturated carbocycles. The molecule has 0 aliphatic rings. The first-order valence-corrected chi connectivity index (χ1v) is 16.9. The molecule has 0 amide bonds. The number of benzene rings is 2. The number of nitrogens with two attached hydrogens (primary N) is 2. The third-order valence-electron chi connectivity index (χ3n) is 5.62. The van der Waals surface area contributed by atoms with Gasteiger partial charge in [0.2, 0.25) is 0 Å². The average Bonchev–Trinajstić information content (AvgIpc) is 2.69. The molecule has 2 rings (SSSR count). The summed E-state index contributed by atoms with van der Waals surface area (Å²) in [5.41, 5.74) is 13.6. The van der Waals surface area contributed by atoms with E-state index in [-0.39, 0.29) is 11.1 Å². The second-order valence-electron chi connectivity index (χ2n) is 7.43. The molecule has 0 heterocycles. The predicted octanol–water partition coefficient (Wildman–Crippen LogP) is 3.41. The second kappa shape index (κ2) is 10.0. The molecule has 7 heteroatoms. The number of para-hydroxylation sites is 2. The molecule has 0 fully saturated rings. The molecular weight excluding hydrogens is 475 g/mol. The Morgan fingerprint density at radius 1 is 0.793 bits per heavy atom. The first-order chi connectivity index (χ1) is 13.8. The monoisotopic (exact) mass is 506 g/mol. The molecule has 0 atom stereocenters. The Kier molecular flexibility index (Phi) is 7.95. The van der Waals surface area contributed by atoms with E-state index in [1.54, 1.807) is 12.1 Å². The number of rotatable bonds is 10. The number of unbranched alkanes of at least 4 members (excludes halogenated alkanes) is 2. The number of anilines is 2. The van der Waals surface area contributed by atoms with E-state index >= 15 is 0 Å². The number of carboxylic acid groups (broad SMARTS) is 2. The standard InChI is InChI=1S/2C7H6NO2.2C4H9.Sn/c2*8-6-4-2-1-3-5(6)7(9)10;2*1-3-4-2;/h2*1-3H,8H2,(H,9,10);2*1,3-4H2,2H3;. The first-order valence-electron chi connectivity index (χ1n) is 10.0. The van der Waals surface area contributed by atoms with E-state index in [1.807, 2.05) is 12.1 Å². The maximum atomic E-state index is 11.7. The van der Waals surface area contributed by atoms with Crippen LogP contribution in [-0.2, 0) is 0 Å². The van der Waals surface area contributed by atoms with Gasteiger partial charge in [0.05, 0.1) is 0 Å². The molecule has 0 aliphatic carbocycles. The van der Waals surface area contributed by atoms with Crippen LogP contribution in [0.5, 0.6) is 0 Å². The van der Waals surface area contributed by atoms with E-state index in [0.29, 0.717) is 11.4 Å². The van der Waals surface area contributed by atoms with E-state index in [1.165, 1.54) is 12.1 Å². The number of hydrogen-bond donors (Lipinski definition) is 4. The zero-order valence-corrected chi connectivity index (χ0v) is 19.9. The van der Waals surface area contributed by atoms with Gasteiger partial charge >= 0.3 is 176 Å². The molecule has 0 aromatic heterocycles. The van der Waals surface area contributed by atoms with E-state index in [9.17, 15) is 19.8 Å². The van der Waals surface area contributed by atoms with Gasteiger partial charge < -0.3 is 0 Å². The molecule has 0 radical (unpaired) electrons. The van der Waals surface area contributed by atoms with Gasteiger partial charge in [0, 0.05) is 0 Å². The first kappa shape index (κ1) is 23.1. The minimum absolute atomic E-state index is 0.101. The molecule has 0 aliphatic heterocycles. The molecule has 0 saturated heterocycles. The molecule has 6 nitrogen and oxygen atoms in total. The zero-order valence-electron chi connectivity index (χ0n) is 17.1. The third-order valence-corrected chi connectivity index (χ3v) is 20.9. The molecule has 6 N–H and O–H groups in total. The van der Waals surface area contributed by atoms with Crippen molar-refractivity contribution >= 4 is 48.8 Å². The molecule has 0 unspecified atom stereocenters. The number of nitrogen functional groups attached to an aromatic ring is 2. The quantitative estimate of drug-likeness (QED) is 0.290. The zero-order chi connectivity index (χ0) is 21.6. The van der Waals surface area contributed by atoms with Gasteiger partial charge in [-0.3, -0.25) is 0 Å². The molecular formula is C22H30N2O4Sn. The molecule has 0 spiro atoms. The van der Waals surface area contributed by atoms with Crippen LogP contribution in [0.3, 0.4) is 0 Å². The summed E-state index contributed by atoms with van der Waals surface area (Å²) in [5.74, 6) is -2.11. The molecule has 2 aromatic carbocycles. The van der Waals surface area contributed by atoms with Gasteiger partial charge in [-0.25, -0.2) is 0 Å². The fourth-order valence-electron chi connectivity index (χ4n) is 4.10. The normalized spacial score (nSPS) is 11.4. The van der Waals surface area contributed by atoms with Crippen molar-refractivity contribution in [3.8, 4) is 0 Å². The Morgan fingerprint density at radius 2 is 1.17 bits per heavy atom. The van der Waals surface area contributed by atoms with E-state index < -0.39 is 30.3 Å². The fourth-order valence-corrected chi connectivity index (χ4v) is 20.3. The summed E-state index contributed by atoms with van der Waals surface area (Å²) in [6, 6.07) is 10.4. The van der Waals surface area contributed by atoms with Crippen molar-refractivity contribution in [3.63, 3.8) is 0 Å². The average molecular weight is 505 g/mol. The summed E-state index contributed by atoms with van der Waals surface area (Å²) in [6.07, 6.45) is 3.91. The Balaban J connectivity index is 2.86. The Hall–Kier alpha value is -2.22. The second-order valence-corrected chi connectivity index (χ2v) is 19.5. The van der Waals surface area contributed by atoms with Gasteiger partial charge in [-0.15, -0.1) is 0 Å². The van der Waals surface area contributed by atoms with Crippen LogP contribution in [0.15, 0.2) is 36.4 Å². The number of aromatic carboxylic acids is 2. The number of hydrogen-bond acceptors (Lipinski definition) is 4. The van der Waals surface area contributed by atoms with Crippen molar-refractivity contribution in [2.24, 2.45) is 0 Å². The molecule has 156 valence electrons. The molecule has 0 bridgehead atoms. The van der Waals surface area contributed by atoms with Gasteiger partial charge in [-0.1, -0.05) is 0 Å². The number of carbonyl (C=O) groups is 2. The van der Waals surface area contributed by atoms with Crippen molar-refractivity contribution < 1.29 is 19.8 Å². The summed E-state index contributed by atoms with van der Waals surface area (Å²) in [6.45, 7) is 4.23. The Labute approximate surface area is 175 Å². The van der Waals surface area contributed by atoms with Crippen LogP contribution in [0, 0.1) is 0 Å². The van der Waals surface area contributed by atoms with Crippen molar-refractivity contribution in [2.45, 2.75) is 48.4 Å². The Bertz CT molecular complexity index is 825. The topological polar surface area (TPSA) is 127 Å². The van der Waals surface area contributed by atoms with Crippen LogP contribution >= 0.6 is 0 Å². The fraction of sp³-hybridized carbons (Fsp3) is 0.364. The van der Waals surface area contributed by atoms with Crippen molar-refractivity contribution in [1.29, 1.82) is 0 Å². The minimum atomic E-state index is -3.61. The third kappa shape index (κ3) is 4.68. The van der Waals surface area contributed by atoms with Crippen molar-refractivity contribution in [3.05, 3.63) is 47.5 Å². The van der Waals surface area contributed by atoms with Crippen molar-refractivity contribution in [1.82, 2.24) is 0 Å². The van der Waals surface area contributed by atoms with E-state index in [2.05, 4.69) is 13.8 Å². The SMILES string of the molecule is CCC[CH2][Sn]([CH2]CCC)([c]1cccc(C(=O)O)c1N)[c]1cccc(C(=O)O)c1N. The van der Waals surface area contributed by atoms with E-state index in [0.717, 1.165) is 41.7 Å². The summed E-state index contributed by atoms with van der Waals surface area (Å²) in [5, 5.41) is 19.2. The van der Waals surface area contributed by atoms with Crippen LogP contribution in [0.4, 0.5) is 11.4 Å². The summed E-state index contributed by atoms with van der Waals surface area (Å²) < 4.78 is 3.64. The van der Waals surface area contributed by atoms with Gasteiger partial charge in [-0.05, 0) is 0 Å². The number of carboxylic acids is 2. The molecule has 29 heavy (non-hydrogen) atoms. The van der Waals surface area contributed by atoms with Gasteiger partial charge in [0.25, 0.3) is 0 Å². The van der Waals surface area contributed by atoms with Gasteiger partial charge in [-0.2, -0.15) is 0 Å². The van der Waals surface area contributed by atoms with Crippen LogP contribution in [0.2, 0.25) is 8.87 Å². The summed E-state index contributed by atoms with van der Waals surface area (Å²) in [7, 11) is 0. The van der Waals surface area contributed by atoms with Crippen LogP contribution < -0.4 is 18.6 Å². The molecule has 2 aromatic rings. The van der Waals surface area contributed by atoms with Crippen molar-refractivity contribution in [2.75, 3.05) is 11.5 Å². The van der Waals surface area contributed by atoms with Gasteiger partial charge in [0.15, 0.2) is 0 Å². The summed E-state index contributed by atoms with van der Waals surface area (Å²) in [4.78, 5) is 23.4. The Morgan fingerprint density at radius 3 is 1.48 bits per heavy atom. The van der Waals surface area contributed by atoms with Crippen LogP contribution in [0.1, 0.15) is 60.2 Å². The predicted molar refractivity (Wildman–Crippen MR) is 120 cm³/mol. The van der Waals surface area contributed by atoms with Crippen LogP contribution in [0.25, 0.3) is 0 Å². The maximum absolute atomic E-state index is 11.7. The van der Waals surface area contributed by atoms with Gasteiger partial charge in [0.1, 0.15) is 0 Å².